The van der Waals surface area contributed by atoms with Crippen LogP contribution in [0.25, 0.3) is 0 Å². The van der Waals surface area contributed by atoms with Crippen LogP contribution in [0.2, 0.25) is 20.1 Å². The molecule has 0 saturated heterocycles. The van der Waals surface area contributed by atoms with E-state index < -0.39 is 39.2 Å². The Labute approximate surface area is 298 Å². The largest absolute Gasteiger partial charge is 0.478 e. The number of nitrogens with one attached hydrogen (secondary N) is 2. The fraction of sp³-hybridized carbons (Fsp3) is 0.212. The molecule has 47 heavy (non-hydrogen) atoms. The number of anilines is 2. The zero-order valence-electron chi connectivity index (χ0n) is 24.6. The summed E-state index contributed by atoms with van der Waals surface area (Å²) in [4.78, 5) is 53.9. The van der Waals surface area contributed by atoms with E-state index in [1.165, 1.54) is 30.2 Å². The molecule has 0 saturated carbocycles. The third-order valence-corrected chi connectivity index (χ3v) is 11.7. The summed E-state index contributed by atoms with van der Waals surface area (Å²) in [7, 11) is 1.33. The molecule has 4 aromatic rings. The lowest BCUT2D eigenvalue weighted by atomic mass is 10.1. The van der Waals surface area contributed by atoms with Gasteiger partial charge < -0.3 is 20.5 Å². The second kappa shape index (κ2) is 15.3. The summed E-state index contributed by atoms with van der Waals surface area (Å²) in [5.74, 6) is -3.22. The summed E-state index contributed by atoms with van der Waals surface area (Å²) in [6, 6.07) is 15.8. The molecule has 0 bridgehead atoms. The zero-order chi connectivity index (χ0) is 33.8. The molecule has 3 N–H and O–H groups in total. The van der Waals surface area contributed by atoms with Gasteiger partial charge in [0, 0.05) is 15.5 Å². The minimum absolute atomic E-state index is 0.257. The Hall–Kier alpha value is -3.25. The van der Waals surface area contributed by atoms with Crippen LogP contribution in [0.15, 0.2) is 59.5 Å². The molecule has 244 valence electrons. The number of amides is 2. The van der Waals surface area contributed by atoms with Crippen LogP contribution in [-0.2, 0) is 22.4 Å². The van der Waals surface area contributed by atoms with E-state index in [9.17, 15) is 24.3 Å². The number of hydrogen-bond donors (Lipinski definition) is 3. The molecule has 0 radical (unpaired) electrons. The number of hydrogen-bond acceptors (Lipinski definition) is 7. The number of carbonyl (C=O) groups is 4. The van der Waals surface area contributed by atoms with Crippen molar-refractivity contribution in [3.63, 3.8) is 0 Å². The number of carboxylic acid groups (broad SMARTS) is 1. The summed E-state index contributed by atoms with van der Waals surface area (Å²) < 4.78 is 5.10. The lowest BCUT2D eigenvalue weighted by Crippen LogP contribution is -2.20. The topological polar surface area (TPSA) is 122 Å². The number of benzene rings is 3. The predicted molar refractivity (Wildman–Crippen MR) is 188 cm³/mol. The summed E-state index contributed by atoms with van der Waals surface area (Å²) in [5, 5.41) is 13.8. The quantitative estimate of drug-likeness (QED) is 0.0512. The Morgan fingerprint density at radius 1 is 0.830 bits per heavy atom. The minimum Gasteiger partial charge on any atom is -0.478 e. The van der Waals surface area contributed by atoms with E-state index in [0.717, 1.165) is 42.5 Å². The second-order valence-corrected chi connectivity index (χ2v) is 14.2. The van der Waals surface area contributed by atoms with Crippen molar-refractivity contribution in [1.82, 2.24) is 0 Å². The molecule has 1 aliphatic carbocycles. The highest BCUT2D eigenvalue weighted by molar-refractivity contribution is 8.00. The van der Waals surface area contributed by atoms with E-state index in [-0.39, 0.29) is 26.7 Å². The Morgan fingerprint density at radius 2 is 1.51 bits per heavy atom. The fourth-order valence-corrected chi connectivity index (χ4v) is 8.63. The third-order valence-electron chi connectivity index (χ3n) is 7.44. The number of thiophene rings is 1. The first-order chi connectivity index (χ1) is 22.5. The SMILES string of the molecule is COC(=O)c1c(NC(=O)C(Sc2cccc(NC(=O)c3c(Cl)c(Cl)c(Cl)c(Cl)c3C(=O)O)c2)c2ccccc2)sc2c1CCCCC2. The van der Waals surface area contributed by atoms with Gasteiger partial charge in [-0.2, -0.15) is 0 Å². The molecule has 1 aromatic heterocycles. The Morgan fingerprint density at radius 3 is 2.19 bits per heavy atom. The average molecular weight is 753 g/mol. The lowest BCUT2D eigenvalue weighted by Gasteiger charge is -2.18. The predicted octanol–water partition coefficient (Wildman–Crippen LogP) is 9.84. The lowest BCUT2D eigenvalue weighted by molar-refractivity contribution is -0.115. The van der Waals surface area contributed by atoms with Crippen molar-refractivity contribution in [2.75, 3.05) is 17.7 Å². The molecule has 2 amide bonds. The first-order valence-electron chi connectivity index (χ1n) is 14.3. The maximum atomic E-state index is 14.0. The Bertz CT molecular complexity index is 1880. The van der Waals surface area contributed by atoms with Gasteiger partial charge in [0.1, 0.15) is 10.3 Å². The molecule has 1 heterocycles. The summed E-state index contributed by atoms with van der Waals surface area (Å²) in [6.45, 7) is 0. The van der Waals surface area contributed by atoms with Gasteiger partial charge in [0.25, 0.3) is 5.91 Å². The van der Waals surface area contributed by atoms with E-state index in [0.29, 0.717) is 21.0 Å². The number of aryl methyl sites for hydroxylation is 1. The standard InChI is InChI=1S/C33H26Cl4N2O6S2/c1-45-33(44)21-19-13-6-3-7-14-20(19)47-31(21)39-30(41)28(16-9-4-2-5-10-16)46-18-12-8-11-17(15-18)38-29(40)22-23(32(42)43)25(35)27(37)26(36)24(22)34/h2,4-5,8-12,15,28H,3,6-7,13-14H2,1H3,(H,38,40)(H,39,41)(H,42,43). The first-order valence-corrected chi connectivity index (χ1v) is 17.5. The highest BCUT2D eigenvalue weighted by atomic mass is 35.5. The van der Waals surface area contributed by atoms with E-state index in [1.807, 2.05) is 30.3 Å². The molecule has 14 heteroatoms. The number of halogens is 4. The van der Waals surface area contributed by atoms with E-state index in [2.05, 4.69) is 10.6 Å². The molecule has 8 nitrogen and oxygen atoms in total. The average Bonchev–Trinajstić information content (AvgIpc) is 3.23. The zero-order valence-corrected chi connectivity index (χ0v) is 29.3. The number of methoxy groups -OCH3 is 1. The molecule has 1 unspecified atom stereocenters. The van der Waals surface area contributed by atoms with Gasteiger partial charge in [-0.3, -0.25) is 9.59 Å². The van der Waals surface area contributed by atoms with Crippen molar-refractivity contribution in [3.8, 4) is 0 Å². The van der Waals surface area contributed by atoms with Crippen molar-refractivity contribution in [1.29, 1.82) is 0 Å². The van der Waals surface area contributed by atoms with Crippen molar-refractivity contribution in [2.45, 2.75) is 42.2 Å². The van der Waals surface area contributed by atoms with E-state index in [4.69, 9.17) is 51.1 Å². The summed E-state index contributed by atoms with van der Waals surface area (Å²) >= 11 is 27.2. The van der Waals surface area contributed by atoms with Gasteiger partial charge in [-0.05, 0) is 55.0 Å². The summed E-state index contributed by atoms with van der Waals surface area (Å²) in [5.41, 5.74) is 1.31. The number of ether oxygens (including phenoxy) is 1. The van der Waals surface area contributed by atoms with Gasteiger partial charge >= 0.3 is 11.9 Å². The van der Waals surface area contributed by atoms with Crippen LogP contribution in [0, 0.1) is 0 Å². The number of carboxylic acids is 1. The maximum absolute atomic E-state index is 14.0. The highest BCUT2D eigenvalue weighted by Gasteiger charge is 2.31. The normalized spacial score (nSPS) is 13.2. The van der Waals surface area contributed by atoms with Crippen molar-refractivity contribution in [2.24, 2.45) is 0 Å². The van der Waals surface area contributed by atoms with Crippen molar-refractivity contribution in [3.05, 3.63) is 107 Å². The molecule has 5 rings (SSSR count). The summed E-state index contributed by atoms with van der Waals surface area (Å²) in [6.07, 6.45) is 4.63. The Balaban J connectivity index is 1.44. The van der Waals surface area contributed by atoms with Crippen LogP contribution in [0.1, 0.15) is 71.6 Å². The molecule has 3 aromatic carbocycles. The van der Waals surface area contributed by atoms with E-state index >= 15 is 0 Å². The van der Waals surface area contributed by atoms with Gasteiger partial charge in [-0.25, -0.2) is 9.59 Å². The number of rotatable bonds is 9. The monoisotopic (exact) mass is 750 g/mol. The van der Waals surface area contributed by atoms with Gasteiger partial charge in [0.2, 0.25) is 5.91 Å². The van der Waals surface area contributed by atoms with E-state index in [1.54, 1.807) is 24.3 Å². The number of carbonyl (C=O) groups excluding carboxylic acids is 3. The first kappa shape index (κ1) is 35.1. The van der Waals surface area contributed by atoms with Gasteiger partial charge in [0.05, 0.1) is 43.9 Å². The van der Waals surface area contributed by atoms with Crippen LogP contribution in [-0.4, -0.2) is 36.0 Å². The maximum Gasteiger partial charge on any atom is 0.341 e. The van der Waals surface area contributed by atoms with Gasteiger partial charge in [-0.15, -0.1) is 23.1 Å². The smallest absolute Gasteiger partial charge is 0.341 e. The Kier molecular flexibility index (Phi) is 11.4. The molecular weight excluding hydrogens is 726 g/mol. The number of aromatic carboxylic acids is 1. The van der Waals surface area contributed by atoms with Crippen LogP contribution in [0.5, 0.6) is 0 Å². The minimum atomic E-state index is -1.51. The fourth-order valence-electron chi connectivity index (χ4n) is 5.25. The molecular formula is C33H26Cl4N2O6S2. The van der Waals surface area contributed by atoms with Crippen molar-refractivity contribution < 1.29 is 29.0 Å². The third kappa shape index (κ3) is 7.58. The van der Waals surface area contributed by atoms with Crippen LogP contribution >= 0.6 is 69.5 Å². The van der Waals surface area contributed by atoms with Crippen LogP contribution in [0.3, 0.4) is 0 Å². The number of fused-ring (bicyclic) bond motifs is 1. The highest BCUT2D eigenvalue weighted by Crippen LogP contribution is 2.43. The number of esters is 1. The van der Waals surface area contributed by atoms with Crippen molar-refractivity contribution >= 4 is 104 Å². The van der Waals surface area contributed by atoms with Gasteiger partial charge in [-0.1, -0.05) is 89.2 Å². The van der Waals surface area contributed by atoms with Crippen LogP contribution in [0.4, 0.5) is 10.7 Å². The molecule has 0 spiro atoms. The second-order valence-electron chi connectivity index (χ2n) is 10.5. The molecule has 1 aliphatic rings. The van der Waals surface area contributed by atoms with Gasteiger partial charge in [0.15, 0.2) is 0 Å². The molecule has 0 fully saturated rings. The molecule has 0 aliphatic heterocycles. The molecule has 1 atom stereocenters. The number of thioether (sulfide) groups is 1. The van der Waals surface area contributed by atoms with Crippen LogP contribution < -0.4 is 10.6 Å².